The Hall–Kier alpha value is -0.810. The smallest absolute Gasteiger partial charge is 0.191 e. The van der Waals surface area contributed by atoms with E-state index in [2.05, 4.69) is 50.2 Å². The van der Waals surface area contributed by atoms with E-state index < -0.39 is 0 Å². The molecule has 2 unspecified atom stereocenters. The molecule has 1 aliphatic heterocycles. The van der Waals surface area contributed by atoms with Crippen molar-refractivity contribution in [2.75, 3.05) is 45.9 Å². The molecule has 0 aromatic heterocycles. The fourth-order valence-electron chi connectivity index (χ4n) is 3.07. The molecule has 2 atom stereocenters. The van der Waals surface area contributed by atoms with E-state index in [1.54, 1.807) is 0 Å². The minimum absolute atomic E-state index is 0.323. The van der Waals surface area contributed by atoms with Gasteiger partial charge in [-0.05, 0) is 51.6 Å². The molecular weight excluding hydrogens is 288 g/mol. The first-order valence-corrected chi connectivity index (χ1v) is 9.46. The molecule has 1 heterocycles. The van der Waals surface area contributed by atoms with Gasteiger partial charge >= 0.3 is 0 Å². The Balaban J connectivity index is 2.37. The average Bonchev–Trinajstić information content (AvgIpc) is 2.99. The van der Waals surface area contributed by atoms with Crippen molar-refractivity contribution in [1.29, 1.82) is 0 Å². The lowest BCUT2D eigenvalue weighted by Gasteiger charge is -2.21. The summed E-state index contributed by atoms with van der Waals surface area (Å²) in [5.74, 6) is 2.20. The largest absolute Gasteiger partial charge is 0.378 e. The van der Waals surface area contributed by atoms with Crippen molar-refractivity contribution in [1.82, 2.24) is 15.5 Å². The first-order valence-electron chi connectivity index (χ1n) is 9.46. The summed E-state index contributed by atoms with van der Waals surface area (Å²) < 4.78 is 5.80. The number of hydrogen-bond acceptors (Lipinski definition) is 3. The molecule has 0 spiro atoms. The molecule has 5 nitrogen and oxygen atoms in total. The topological polar surface area (TPSA) is 48.9 Å². The lowest BCUT2D eigenvalue weighted by molar-refractivity contribution is 0.0258. The molecule has 0 aromatic carbocycles. The molecule has 0 saturated carbocycles. The summed E-state index contributed by atoms with van der Waals surface area (Å²) in [5.41, 5.74) is 0. The molecule has 0 aromatic rings. The Bertz CT molecular complexity index is 333. The van der Waals surface area contributed by atoms with E-state index >= 15 is 0 Å². The summed E-state index contributed by atoms with van der Waals surface area (Å²) in [6, 6.07) is 0. The molecule has 0 radical (unpaired) electrons. The summed E-state index contributed by atoms with van der Waals surface area (Å²) in [6.07, 6.45) is 2.61. The number of likely N-dealkylation sites (tertiary alicyclic amines) is 1. The van der Waals surface area contributed by atoms with Crippen LogP contribution in [0.1, 0.15) is 47.5 Å². The van der Waals surface area contributed by atoms with Crippen LogP contribution in [-0.2, 0) is 4.74 Å². The normalized spacial score (nSPS) is 21.0. The summed E-state index contributed by atoms with van der Waals surface area (Å²) >= 11 is 0. The summed E-state index contributed by atoms with van der Waals surface area (Å²) in [5, 5.41) is 6.81. The maximum absolute atomic E-state index is 5.80. The second-order valence-corrected chi connectivity index (χ2v) is 6.72. The van der Waals surface area contributed by atoms with Crippen molar-refractivity contribution in [2.45, 2.75) is 53.6 Å². The Labute approximate surface area is 143 Å². The standard InChI is InChI=1S/C18H38N4O/c1-6-19-18(20-11-9-17(15(4)5)23-8-3)21-13-16-10-12-22(7-2)14-16/h15-17H,6-14H2,1-5H3,(H2,19,20,21). The van der Waals surface area contributed by atoms with E-state index in [-0.39, 0.29) is 0 Å². The van der Waals surface area contributed by atoms with Crippen LogP contribution in [-0.4, -0.2) is 62.8 Å². The Morgan fingerprint density at radius 1 is 1.26 bits per heavy atom. The van der Waals surface area contributed by atoms with E-state index in [0.29, 0.717) is 17.9 Å². The number of hydrogen-bond donors (Lipinski definition) is 2. The number of rotatable bonds is 10. The van der Waals surface area contributed by atoms with E-state index in [1.165, 1.54) is 19.5 Å². The van der Waals surface area contributed by atoms with Gasteiger partial charge in [-0.25, -0.2) is 0 Å². The minimum Gasteiger partial charge on any atom is -0.378 e. The van der Waals surface area contributed by atoms with Crippen molar-refractivity contribution in [3.05, 3.63) is 0 Å². The van der Waals surface area contributed by atoms with Gasteiger partial charge in [0, 0.05) is 32.8 Å². The summed E-state index contributed by atoms with van der Waals surface area (Å²) in [6.45, 7) is 17.9. The van der Waals surface area contributed by atoms with E-state index in [4.69, 9.17) is 9.73 Å². The van der Waals surface area contributed by atoms with Crippen LogP contribution in [0.4, 0.5) is 0 Å². The molecule has 0 amide bonds. The highest BCUT2D eigenvalue weighted by Gasteiger charge is 2.20. The molecule has 1 aliphatic rings. The molecular formula is C18H38N4O. The first kappa shape index (κ1) is 20.2. The zero-order valence-corrected chi connectivity index (χ0v) is 15.9. The van der Waals surface area contributed by atoms with E-state index in [1.807, 2.05) is 0 Å². The van der Waals surface area contributed by atoms with Crippen LogP contribution in [0.15, 0.2) is 4.99 Å². The number of nitrogens with one attached hydrogen (secondary N) is 2. The van der Waals surface area contributed by atoms with E-state index in [9.17, 15) is 0 Å². The Morgan fingerprint density at radius 2 is 2.04 bits per heavy atom. The molecule has 1 fully saturated rings. The maximum atomic E-state index is 5.80. The quantitative estimate of drug-likeness (QED) is 0.478. The molecule has 0 bridgehead atoms. The third-order valence-corrected chi connectivity index (χ3v) is 4.51. The van der Waals surface area contributed by atoms with Crippen molar-refractivity contribution >= 4 is 5.96 Å². The lowest BCUT2D eigenvalue weighted by Crippen LogP contribution is -2.39. The van der Waals surface area contributed by atoms with Gasteiger partial charge in [0.2, 0.25) is 0 Å². The third-order valence-electron chi connectivity index (χ3n) is 4.51. The first-order chi connectivity index (χ1) is 11.1. The van der Waals surface area contributed by atoms with Gasteiger partial charge in [0.1, 0.15) is 0 Å². The SMILES string of the molecule is CCNC(=NCC1CCN(CC)C1)NCCC(OCC)C(C)C. The number of ether oxygens (including phenoxy) is 1. The highest BCUT2D eigenvalue weighted by atomic mass is 16.5. The highest BCUT2D eigenvalue weighted by Crippen LogP contribution is 2.15. The molecule has 0 aliphatic carbocycles. The Kier molecular flexibility index (Phi) is 10.3. The van der Waals surface area contributed by atoms with Gasteiger partial charge in [0.15, 0.2) is 5.96 Å². The van der Waals surface area contributed by atoms with Crippen LogP contribution in [0.3, 0.4) is 0 Å². The predicted octanol–water partition coefficient (Wildman–Crippen LogP) is 2.33. The molecule has 23 heavy (non-hydrogen) atoms. The van der Waals surface area contributed by atoms with Gasteiger partial charge in [-0.2, -0.15) is 0 Å². The predicted molar refractivity (Wildman–Crippen MR) is 99.1 cm³/mol. The van der Waals surface area contributed by atoms with E-state index in [0.717, 1.165) is 45.2 Å². The fraction of sp³-hybridized carbons (Fsp3) is 0.944. The second kappa shape index (κ2) is 11.7. The van der Waals surface area contributed by atoms with Crippen LogP contribution in [0.2, 0.25) is 0 Å². The van der Waals surface area contributed by atoms with Crippen molar-refractivity contribution in [3.8, 4) is 0 Å². The maximum Gasteiger partial charge on any atom is 0.191 e. The minimum atomic E-state index is 0.323. The van der Waals surface area contributed by atoms with Gasteiger partial charge in [0.05, 0.1) is 6.10 Å². The van der Waals surface area contributed by atoms with Crippen molar-refractivity contribution in [2.24, 2.45) is 16.8 Å². The third kappa shape index (κ3) is 8.02. The Morgan fingerprint density at radius 3 is 2.61 bits per heavy atom. The zero-order valence-electron chi connectivity index (χ0n) is 15.9. The van der Waals surface area contributed by atoms with Gasteiger partial charge in [-0.3, -0.25) is 4.99 Å². The number of nitrogens with zero attached hydrogens (tertiary/aromatic N) is 2. The van der Waals surface area contributed by atoms with Gasteiger partial charge < -0.3 is 20.3 Å². The molecule has 1 saturated heterocycles. The molecule has 1 rings (SSSR count). The van der Waals surface area contributed by atoms with Gasteiger partial charge in [-0.15, -0.1) is 0 Å². The zero-order chi connectivity index (χ0) is 17.1. The second-order valence-electron chi connectivity index (χ2n) is 6.72. The highest BCUT2D eigenvalue weighted by molar-refractivity contribution is 5.79. The molecule has 136 valence electrons. The number of aliphatic imine (C=N–C) groups is 1. The number of guanidine groups is 1. The fourth-order valence-corrected chi connectivity index (χ4v) is 3.07. The van der Waals surface area contributed by atoms with Gasteiger partial charge in [0.25, 0.3) is 0 Å². The van der Waals surface area contributed by atoms with Crippen LogP contribution < -0.4 is 10.6 Å². The van der Waals surface area contributed by atoms with Crippen LogP contribution in [0.5, 0.6) is 0 Å². The van der Waals surface area contributed by atoms with Crippen LogP contribution in [0.25, 0.3) is 0 Å². The monoisotopic (exact) mass is 326 g/mol. The average molecular weight is 327 g/mol. The molecule has 2 N–H and O–H groups in total. The van der Waals surface area contributed by atoms with Crippen molar-refractivity contribution < 1.29 is 4.74 Å². The van der Waals surface area contributed by atoms with Crippen molar-refractivity contribution in [3.63, 3.8) is 0 Å². The van der Waals surface area contributed by atoms with Crippen LogP contribution >= 0.6 is 0 Å². The molecule has 5 heteroatoms. The summed E-state index contributed by atoms with van der Waals surface area (Å²) in [7, 11) is 0. The lowest BCUT2D eigenvalue weighted by atomic mass is 10.0. The summed E-state index contributed by atoms with van der Waals surface area (Å²) in [4.78, 5) is 7.29. The van der Waals surface area contributed by atoms with Crippen LogP contribution in [0, 0.1) is 11.8 Å². The van der Waals surface area contributed by atoms with Gasteiger partial charge in [-0.1, -0.05) is 20.8 Å².